The number of ether oxygens (including phenoxy) is 4. The maximum atomic E-state index is 12.5. The SMILES string of the molecule is COc1cccc(OCCOc2ccc(/C=C3/C(=N)N4C(SC)=NSC4=NC3=O)cc2OC)c1. The molecule has 2 aromatic carbocycles. The van der Waals surface area contributed by atoms with Crippen molar-refractivity contribution in [2.24, 2.45) is 9.39 Å². The van der Waals surface area contributed by atoms with Crippen molar-refractivity contribution in [1.82, 2.24) is 4.90 Å². The molecule has 9 nitrogen and oxygen atoms in total. The molecule has 2 aromatic rings. The van der Waals surface area contributed by atoms with E-state index in [1.807, 2.05) is 24.5 Å². The molecule has 2 aliphatic heterocycles. The van der Waals surface area contributed by atoms with Crippen molar-refractivity contribution < 1.29 is 23.7 Å². The van der Waals surface area contributed by atoms with Gasteiger partial charge in [-0.05, 0) is 42.2 Å². The van der Waals surface area contributed by atoms with Crippen LogP contribution in [0.3, 0.4) is 0 Å². The summed E-state index contributed by atoms with van der Waals surface area (Å²) in [6.07, 6.45) is 3.48. The van der Waals surface area contributed by atoms with Crippen molar-refractivity contribution in [2.45, 2.75) is 0 Å². The normalized spacial score (nSPS) is 16.2. The number of thioether (sulfide) groups is 1. The Morgan fingerprint density at radius 1 is 1.06 bits per heavy atom. The van der Waals surface area contributed by atoms with Gasteiger partial charge in [0.05, 0.1) is 31.7 Å². The lowest BCUT2D eigenvalue weighted by Gasteiger charge is -2.23. The van der Waals surface area contributed by atoms with Gasteiger partial charge in [0.15, 0.2) is 16.7 Å². The van der Waals surface area contributed by atoms with Gasteiger partial charge >= 0.3 is 0 Å². The fourth-order valence-electron chi connectivity index (χ4n) is 3.19. The number of nitrogens with one attached hydrogen (secondary N) is 1. The fraction of sp³-hybridized carbons (Fsp3) is 0.217. The van der Waals surface area contributed by atoms with Gasteiger partial charge in [-0.15, -0.1) is 0 Å². The molecule has 0 fully saturated rings. The van der Waals surface area contributed by atoms with E-state index >= 15 is 0 Å². The zero-order valence-corrected chi connectivity index (χ0v) is 20.4. The Hall–Kier alpha value is -3.44. The molecule has 0 saturated carbocycles. The Labute approximate surface area is 205 Å². The molecule has 2 aliphatic rings. The summed E-state index contributed by atoms with van der Waals surface area (Å²) < 4.78 is 26.4. The van der Waals surface area contributed by atoms with E-state index in [1.165, 1.54) is 11.8 Å². The minimum absolute atomic E-state index is 0.0436. The van der Waals surface area contributed by atoms with Gasteiger partial charge in [0, 0.05) is 6.07 Å². The molecule has 1 amide bonds. The number of aliphatic imine (C=N–C) groups is 1. The van der Waals surface area contributed by atoms with Crippen molar-refractivity contribution in [3.8, 4) is 23.0 Å². The second kappa shape index (κ2) is 10.7. The highest BCUT2D eigenvalue weighted by molar-refractivity contribution is 8.18. The number of amides is 1. The molecule has 0 bridgehead atoms. The number of carbonyl (C=O) groups excluding carboxylic acids is 1. The Kier molecular flexibility index (Phi) is 7.43. The Bertz CT molecular complexity index is 1210. The summed E-state index contributed by atoms with van der Waals surface area (Å²) in [6.45, 7) is 0.638. The number of benzene rings is 2. The average molecular weight is 499 g/mol. The molecule has 2 heterocycles. The van der Waals surface area contributed by atoms with Gasteiger partial charge in [0.1, 0.15) is 30.5 Å². The van der Waals surface area contributed by atoms with Crippen molar-refractivity contribution in [1.29, 1.82) is 5.41 Å². The highest BCUT2D eigenvalue weighted by atomic mass is 32.2. The molecular formula is C23H22N4O5S2. The first-order valence-electron chi connectivity index (χ1n) is 10.1. The lowest BCUT2D eigenvalue weighted by molar-refractivity contribution is -0.114. The molecule has 34 heavy (non-hydrogen) atoms. The second-order valence-electron chi connectivity index (χ2n) is 6.90. The summed E-state index contributed by atoms with van der Waals surface area (Å²) in [4.78, 5) is 18.2. The third kappa shape index (κ3) is 5.05. The monoisotopic (exact) mass is 498 g/mol. The number of methoxy groups -OCH3 is 2. The van der Waals surface area contributed by atoms with E-state index in [2.05, 4.69) is 9.39 Å². The molecule has 0 aromatic heterocycles. The second-order valence-corrected chi connectivity index (χ2v) is 8.40. The maximum absolute atomic E-state index is 12.5. The minimum atomic E-state index is -0.477. The molecule has 0 saturated heterocycles. The van der Waals surface area contributed by atoms with Gasteiger partial charge in [-0.2, -0.15) is 9.39 Å². The first-order valence-corrected chi connectivity index (χ1v) is 12.1. The number of rotatable bonds is 8. The lowest BCUT2D eigenvalue weighted by atomic mass is 10.1. The van der Waals surface area contributed by atoms with E-state index in [4.69, 9.17) is 24.4 Å². The van der Waals surface area contributed by atoms with Crippen molar-refractivity contribution >= 4 is 51.9 Å². The molecule has 0 radical (unpaired) electrons. The van der Waals surface area contributed by atoms with Crippen LogP contribution in [-0.4, -0.2) is 60.7 Å². The first kappa shape index (κ1) is 23.7. The predicted octanol–water partition coefficient (Wildman–Crippen LogP) is 4.10. The first-order chi connectivity index (χ1) is 16.5. The van der Waals surface area contributed by atoms with Crippen molar-refractivity contribution in [3.05, 3.63) is 53.6 Å². The van der Waals surface area contributed by atoms with Gasteiger partial charge in [-0.3, -0.25) is 10.2 Å². The fourth-order valence-corrected chi connectivity index (χ4v) is 4.65. The Morgan fingerprint density at radius 2 is 1.85 bits per heavy atom. The average Bonchev–Trinajstić information content (AvgIpc) is 3.27. The van der Waals surface area contributed by atoms with E-state index in [-0.39, 0.29) is 11.4 Å². The standard InChI is InChI=1S/C23H22N4O5S2/c1-29-15-5-4-6-16(13-15)31-9-10-32-18-8-7-14(12-19(18)30-2)11-17-20(24)27-22(25-21(17)28)34-26-23(27)33-3/h4-8,11-13,24H,9-10H2,1-3H3/b17-11-,24-20?. The summed E-state index contributed by atoms with van der Waals surface area (Å²) in [7, 11) is 3.14. The third-order valence-electron chi connectivity index (χ3n) is 4.83. The molecule has 0 atom stereocenters. The predicted molar refractivity (Wildman–Crippen MR) is 136 cm³/mol. The summed E-state index contributed by atoms with van der Waals surface area (Å²) in [5.74, 6) is 2.01. The minimum Gasteiger partial charge on any atom is -0.497 e. The quantitative estimate of drug-likeness (QED) is 0.329. The largest absolute Gasteiger partial charge is 0.497 e. The van der Waals surface area contributed by atoms with Crippen molar-refractivity contribution in [2.75, 3.05) is 33.7 Å². The summed E-state index contributed by atoms with van der Waals surface area (Å²) in [6, 6.07) is 12.6. The van der Waals surface area contributed by atoms with Crippen LogP contribution in [0.15, 0.2) is 57.4 Å². The Balaban J connectivity index is 1.43. The zero-order valence-electron chi connectivity index (χ0n) is 18.7. The smallest absolute Gasteiger partial charge is 0.283 e. The van der Waals surface area contributed by atoms with Crippen LogP contribution in [0, 0.1) is 5.41 Å². The van der Waals surface area contributed by atoms with Crippen LogP contribution in [0.5, 0.6) is 23.0 Å². The summed E-state index contributed by atoms with van der Waals surface area (Å²) >= 11 is 2.48. The maximum Gasteiger partial charge on any atom is 0.283 e. The number of carbonyl (C=O) groups is 1. The molecule has 11 heteroatoms. The zero-order chi connectivity index (χ0) is 24.1. The van der Waals surface area contributed by atoms with E-state index in [0.29, 0.717) is 46.4 Å². The van der Waals surface area contributed by atoms with E-state index in [9.17, 15) is 4.79 Å². The van der Waals surface area contributed by atoms with Crippen LogP contribution in [-0.2, 0) is 4.79 Å². The molecule has 1 N–H and O–H groups in total. The number of hydrogen-bond acceptors (Lipinski definition) is 9. The van der Waals surface area contributed by atoms with Gasteiger partial charge in [0.2, 0.25) is 5.17 Å². The number of amidine groups is 3. The number of hydrogen-bond donors (Lipinski definition) is 1. The highest BCUT2D eigenvalue weighted by Crippen LogP contribution is 2.33. The molecule has 176 valence electrons. The molecular weight excluding hydrogens is 476 g/mol. The third-order valence-corrected chi connectivity index (χ3v) is 6.28. The topological polar surface area (TPSA) is 106 Å². The molecule has 0 spiro atoms. The van der Waals surface area contributed by atoms with Crippen LogP contribution >= 0.6 is 23.7 Å². The van der Waals surface area contributed by atoms with Crippen LogP contribution < -0.4 is 18.9 Å². The molecule has 0 unspecified atom stereocenters. The Morgan fingerprint density at radius 3 is 2.62 bits per heavy atom. The van der Waals surface area contributed by atoms with E-state index in [1.54, 1.807) is 49.5 Å². The molecule has 4 rings (SSSR count). The van der Waals surface area contributed by atoms with Crippen molar-refractivity contribution in [3.63, 3.8) is 0 Å². The molecule has 0 aliphatic carbocycles. The number of nitrogens with zero attached hydrogens (tertiary/aromatic N) is 3. The van der Waals surface area contributed by atoms with Crippen LogP contribution in [0.2, 0.25) is 0 Å². The summed E-state index contributed by atoms with van der Waals surface area (Å²) in [5.41, 5.74) is 0.855. The van der Waals surface area contributed by atoms with Gasteiger partial charge in [-0.1, -0.05) is 23.9 Å². The van der Waals surface area contributed by atoms with E-state index in [0.717, 1.165) is 17.7 Å². The summed E-state index contributed by atoms with van der Waals surface area (Å²) in [5, 5.41) is 9.52. The van der Waals surface area contributed by atoms with Gasteiger partial charge in [0.25, 0.3) is 5.91 Å². The number of fused-ring (bicyclic) bond motifs is 1. The van der Waals surface area contributed by atoms with Crippen LogP contribution in [0.25, 0.3) is 6.08 Å². The van der Waals surface area contributed by atoms with E-state index < -0.39 is 5.91 Å². The highest BCUT2D eigenvalue weighted by Gasteiger charge is 2.37. The van der Waals surface area contributed by atoms with Gasteiger partial charge in [-0.25, -0.2) is 4.90 Å². The lowest BCUT2D eigenvalue weighted by Crippen LogP contribution is -2.41. The van der Waals surface area contributed by atoms with Gasteiger partial charge < -0.3 is 18.9 Å². The van der Waals surface area contributed by atoms with Crippen LogP contribution in [0.4, 0.5) is 0 Å². The van der Waals surface area contributed by atoms with Crippen LogP contribution in [0.1, 0.15) is 5.56 Å².